The maximum atomic E-state index is 10.7. The lowest BCUT2D eigenvalue weighted by Crippen LogP contribution is -2.53. The number of guanidine groups is 1. The molecular weight excluding hydrogens is 473 g/mol. The summed E-state index contributed by atoms with van der Waals surface area (Å²) in [6.07, 6.45) is 1.92. The van der Waals surface area contributed by atoms with Gasteiger partial charge in [0.2, 0.25) is 0 Å². The number of hydrogen-bond donors (Lipinski definition) is 3. The minimum atomic E-state index is -0.866. The zero-order valence-electron chi connectivity index (χ0n) is 16.5. The van der Waals surface area contributed by atoms with Crippen LogP contribution < -0.4 is 10.6 Å². The predicted molar refractivity (Wildman–Crippen MR) is 119 cm³/mol. The van der Waals surface area contributed by atoms with E-state index in [1.54, 1.807) is 0 Å². The van der Waals surface area contributed by atoms with E-state index in [2.05, 4.69) is 30.7 Å². The van der Waals surface area contributed by atoms with Crippen LogP contribution in [-0.2, 0) is 11.3 Å². The SMILES string of the molecule is CCNC(=NCc1nnc2ccccn12)NCC(C)(O)CN1CCOCC1.I. The molecule has 0 aromatic carbocycles. The van der Waals surface area contributed by atoms with Gasteiger partial charge in [-0.2, -0.15) is 0 Å². The number of hydrogen-bond acceptors (Lipinski definition) is 6. The molecule has 0 aliphatic carbocycles. The summed E-state index contributed by atoms with van der Waals surface area (Å²) in [7, 11) is 0. The second-order valence-electron chi connectivity index (χ2n) is 6.98. The molecule has 3 N–H and O–H groups in total. The number of halogens is 1. The van der Waals surface area contributed by atoms with Crippen molar-refractivity contribution in [1.29, 1.82) is 0 Å². The molecule has 1 unspecified atom stereocenters. The molecule has 1 atom stereocenters. The van der Waals surface area contributed by atoms with Crippen LogP contribution in [0.2, 0.25) is 0 Å². The lowest BCUT2D eigenvalue weighted by Gasteiger charge is -2.34. The molecule has 28 heavy (non-hydrogen) atoms. The zero-order chi connectivity index (χ0) is 19.1. The molecule has 2 aromatic heterocycles. The van der Waals surface area contributed by atoms with E-state index < -0.39 is 5.60 Å². The van der Waals surface area contributed by atoms with Crippen molar-refractivity contribution in [1.82, 2.24) is 30.1 Å². The van der Waals surface area contributed by atoms with Gasteiger partial charge in [-0.1, -0.05) is 6.07 Å². The van der Waals surface area contributed by atoms with Gasteiger partial charge in [0.25, 0.3) is 0 Å². The Morgan fingerprint density at radius 3 is 2.82 bits per heavy atom. The number of morpholine rings is 1. The van der Waals surface area contributed by atoms with Gasteiger partial charge in [0.05, 0.1) is 18.8 Å². The van der Waals surface area contributed by atoms with Gasteiger partial charge in [0.1, 0.15) is 6.54 Å². The number of aromatic nitrogens is 3. The Balaban J connectivity index is 0.00000280. The third-order valence-corrected chi connectivity index (χ3v) is 4.41. The smallest absolute Gasteiger partial charge is 0.191 e. The Labute approximate surface area is 182 Å². The summed E-state index contributed by atoms with van der Waals surface area (Å²) in [5.41, 5.74) is -0.0659. The van der Waals surface area contributed by atoms with Gasteiger partial charge in [-0.15, -0.1) is 34.2 Å². The Kier molecular flexibility index (Phi) is 8.86. The average Bonchev–Trinajstić information content (AvgIpc) is 3.08. The number of ether oxygens (including phenoxy) is 1. The first kappa shape index (κ1) is 22.8. The molecular formula is C18H30IN7O2. The zero-order valence-corrected chi connectivity index (χ0v) is 18.8. The van der Waals surface area contributed by atoms with Crippen LogP contribution in [0, 0.1) is 0 Å². The standard InChI is InChI=1S/C18H29N7O2.HI/c1-3-19-17(20-12-16-23-22-15-6-4-5-7-25(15)16)21-13-18(2,26)14-24-8-10-27-11-9-24;/h4-7,26H,3,8-14H2,1-2H3,(H2,19,20,21);1H. The lowest BCUT2D eigenvalue weighted by molar-refractivity contribution is -0.0201. The second-order valence-corrected chi connectivity index (χ2v) is 6.98. The van der Waals surface area contributed by atoms with Crippen LogP contribution in [0.1, 0.15) is 19.7 Å². The molecule has 1 saturated heterocycles. The summed E-state index contributed by atoms with van der Waals surface area (Å²) in [4.78, 5) is 6.80. The third-order valence-electron chi connectivity index (χ3n) is 4.41. The highest BCUT2D eigenvalue weighted by atomic mass is 127. The number of β-amino-alcohol motifs (C(OH)–C–C–N with tert-alkyl or cyclic N) is 1. The molecule has 3 heterocycles. The van der Waals surface area contributed by atoms with Gasteiger partial charge in [-0.25, -0.2) is 4.99 Å². The van der Waals surface area contributed by atoms with Gasteiger partial charge in [-0.05, 0) is 26.0 Å². The Bertz CT molecular complexity index is 759. The highest BCUT2D eigenvalue weighted by molar-refractivity contribution is 14.0. The van der Waals surface area contributed by atoms with Crippen LogP contribution in [0.15, 0.2) is 29.4 Å². The van der Waals surface area contributed by atoms with E-state index in [1.165, 1.54) is 0 Å². The molecule has 0 bridgehead atoms. The van der Waals surface area contributed by atoms with Crippen LogP contribution >= 0.6 is 24.0 Å². The Morgan fingerprint density at radius 1 is 1.29 bits per heavy atom. The maximum Gasteiger partial charge on any atom is 0.191 e. The fourth-order valence-corrected chi connectivity index (χ4v) is 3.06. The molecule has 10 heteroatoms. The fourth-order valence-electron chi connectivity index (χ4n) is 3.06. The second kappa shape index (κ2) is 10.9. The average molecular weight is 503 g/mol. The number of pyridine rings is 1. The van der Waals surface area contributed by atoms with Crippen molar-refractivity contribution in [2.45, 2.75) is 26.0 Å². The molecule has 1 fully saturated rings. The summed E-state index contributed by atoms with van der Waals surface area (Å²) >= 11 is 0. The van der Waals surface area contributed by atoms with E-state index in [0.717, 1.165) is 44.3 Å². The lowest BCUT2D eigenvalue weighted by atomic mass is 10.1. The summed E-state index contributed by atoms with van der Waals surface area (Å²) in [5.74, 6) is 1.41. The fraction of sp³-hybridized carbons (Fsp3) is 0.611. The summed E-state index contributed by atoms with van der Waals surface area (Å²) in [5, 5.41) is 25.5. The molecule has 2 aromatic rings. The minimum Gasteiger partial charge on any atom is -0.387 e. The predicted octanol–water partition coefficient (Wildman–Crippen LogP) is 0.486. The highest BCUT2D eigenvalue weighted by Gasteiger charge is 2.25. The van der Waals surface area contributed by atoms with Crippen molar-refractivity contribution in [3.63, 3.8) is 0 Å². The number of fused-ring (bicyclic) bond motifs is 1. The van der Waals surface area contributed by atoms with Crippen molar-refractivity contribution in [3.8, 4) is 0 Å². The first-order valence-electron chi connectivity index (χ1n) is 9.41. The molecule has 1 aliphatic heterocycles. The van der Waals surface area contributed by atoms with Gasteiger partial charge in [-0.3, -0.25) is 9.30 Å². The van der Waals surface area contributed by atoms with Gasteiger partial charge >= 0.3 is 0 Å². The topological polar surface area (TPSA) is 99.3 Å². The van der Waals surface area contributed by atoms with Gasteiger partial charge in [0.15, 0.2) is 17.4 Å². The first-order valence-corrected chi connectivity index (χ1v) is 9.41. The molecule has 9 nitrogen and oxygen atoms in total. The van der Waals surface area contributed by atoms with Crippen LogP contribution in [0.3, 0.4) is 0 Å². The largest absolute Gasteiger partial charge is 0.387 e. The van der Waals surface area contributed by atoms with Gasteiger partial charge in [0, 0.05) is 38.9 Å². The van der Waals surface area contributed by atoms with E-state index in [1.807, 2.05) is 42.6 Å². The summed E-state index contributed by atoms with van der Waals surface area (Å²) < 4.78 is 7.28. The number of nitrogens with zero attached hydrogens (tertiary/aromatic N) is 5. The van der Waals surface area contributed by atoms with E-state index in [-0.39, 0.29) is 24.0 Å². The molecule has 0 radical (unpaired) electrons. The third kappa shape index (κ3) is 6.54. The van der Waals surface area contributed by atoms with Crippen LogP contribution in [-0.4, -0.2) is 82.1 Å². The highest BCUT2D eigenvalue weighted by Crippen LogP contribution is 2.08. The first-order chi connectivity index (χ1) is 13.1. The van der Waals surface area contributed by atoms with Crippen molar-refractivity contribution in [2.24, 2.45) is 4.99 Å². The van der Waals surface area contributed by atoms with Crippen molar-refractivity contribution in [3.05, 3.63) is 30.2 Å². The van der Waals surface area contributed by atoms with E-state index in [9.17, 15) is 5.11 Å². The van der Waals surface area contributed by atoms with Gasteiger partial charge < -0.3 is 20.5 Å². The van der Waals surface area contributed by atoms with Crippen LogP contribution in [0.25, 0.3) is 5.65 Å². The van der Waals surface area contributed by atoms with E-state index in [0.29, 0.717) is 25.6 Å². The molecule has 1 aliphatic rings. The van der Waals surface area contributed by atoms with Crippen LogP contribution in [0.5, 0.6) is 0 Å². The Morgan fingerprint density at radius 2 is 2.07 bits per heavy atom. The normalized spacial score (nSPS) is 17.8. The minimum absolute atomic E-state index is 0. The number of rotatable bonds is 7. The molecule has 156 valence electrons. The number of nitrogens with one attached hydrogen (secondary N) is 2. The maximum absolute atomic E-state index is 10.7. The Hall–Kier alpha value is -1.50. The quantitative estimate of drug-likeness (QED) is 0.287. The molecule has 3 rings (SSSR count). The monoisotopic (exact) mass is 503 g/mol. The summed E-state index contributed by atoms with van der Waals surface area (Å²) in [6.45, 7) is 9.12. The molecule has 0 saturated carbocycles. The summed E-state index contributed by atoms with van der Waals surface area (Å²) in [6, 6.07) is 5.78. The number of aliphatic imine (C=N–C) groups is 1. The van der Waals surface area contributed by atoms with Crippen molar-refractivity contribution < 1.29 is 9.84 Å². The van der Waals surface area contributed by atoms with Crippen LogP contribution in [0.4, 0.5) is 0 Å². The van der Waals surface area contributed by atoms with E-state index >= 15 is 0 Å². The molecule has 0 spiro atoms. The van der Waals surface area contributed by atoms with Crippen molar-refractivity contribution in [2.75, 3.05) is 45.9 Å². The van der Waals surface area contributed by atoms with E-state index in [4.69, 9.17) is 4.74 Å². The number of aliphatic hydroxyl groups is 1. The van der Waals surface area contributed by atoms with Crippen molar-refractivity contribution >= 4 is 35.6 Å². The molecule has 0 amide bonds.